The van der Waals surface area contributed by atoms with Crippen LogP contribution in [0.1, 0.15) is 5.69 Å². The van der Waals surface area contributed by atoms with Gasteiger partial charge < -0.3 is 4.74 Å². The van der Waals surface area contributed by atoms with E-state index in [1.807, 2.05) is 25.1 Å². The van der Waals surface area contributed by atoms with Crippen LogP contribution in [0.4, 0.5) is 0 Å². The molecule has 0 aliphatic carbocycles. The maximum Gasteiger partial charge on any atom is 0.223 e. The summed E-state index contributed by atoms with van der Waals surface area (Å²) in [5.41, 5.74) is 1.64. The molecule has 0 aliphatic heterocycles. The first-order valence-corrected chi connectivity index (χ1v) is 4.57. The van der Waals surface area contributed by atoms with Crippen LogP contribution in [0.3, 0.4) is 0 Å². The molecule has 1 aromatic carbocycles. The van der Waals surface area contributed by atoms with Crippen molar-refractivity contribution in [3.8, 4) is 5.75 Å². The van der Waals surface area contributed by atoms with Gasteiger partial charge in [0, 0.05) is 0 Å². The third-order valence-electron chi connectivity index (χ3n) is 2.06. The second-order valence-corrected chi connectivity index (χ2v) is 3.27. The Morgan fingerprint density at radius 1 is 1.29 bits per heavy atom. The van der Waals surface area contributed by atoms with E-state index in [4.69, 9.17) is 16.3 Å². The summed E-state index contributed by atoms with van der Waals surface area (Å²) < 4.78 is 5.23. The molecule has 1 heterocycles. The SMILES string of the molecule is COc1cccc2nc(Cl)nc(C)c12. The minimum absolute atomic E-state index is 0.267. The van der Waals surface area contributed by atoms with Crippen molar-refractivity contribution in [1.82, 2.24) is 9.97 Å². The fourth-order valence-corrected chi connectivity index (χ4v) is 1.68. The summed E-state index contributed by atoms with van der Waals surface area (Å²) in [5.74, 6) is 0.775. The van der Waals surface area contributed by atoms with E-state index in [2.05, 4.69) is 9.97 Å². The molecule has 0 saturated carbocycles. The normalized spacial score (nSPS) is 10.5. The average molecular weight is 209 g/mol. The minimum Gasteiger partial charge on any atom is -0.496 e. The predicted octanol–water partition coefficient (Wildman–Crippen LogP) is 2.60. The van der Waals surface area contributed by atoms with E-state index in [9.17, 15) is 0 Å². The number of hydrogen-bond donors (Lipinski definition) is 0. The molecule has 4 heteroatoms. The first kappa shape index (κ1) is 9.21. The van der Waals surface area contributed by atoms with Gasteiger partial charge in [-0.15, -0.1) is 0 Å². The third kappa shape index (κ3) is 1.40. The molecule has 0 bridgehead atoms. The van der Waals surface area contributed by atoms with Gasteiger partial charge in [-0.3, -0.25) is 0 Å². The van der Waals surface area contributed by atoms with Gasteiger partial charge in [-0.05, 0) is 30.7 Å². The van der Waals surface area contributed by atoms with Crippen molar-refractivity contribution in [2.24, 2.45) is 0 Å². The highest BCUT2D eigenvalue weighted by molar-refractivity contribution is 6.28. The quantitative estimate of drug-likeness (QED) is 0.676. The van der Waals surface area contributed by atoms with E-state index >= 15 is 0 Å². The van der Waals surface area contributed by atoms with E-state index in [0.29, 0.717) is 0 Å². The van der Waals surface area contributed by atoms with Crippen LogP contribution in [-0.4, -0.2) is 17.1 Å². The Hall–Kier alpha value is -1.35. The number of nitrogens with zero attached hydrogens (tertiary/aromatic N) is 2. The summed E-state index contributed by atoms with van der Waals surface area (Å²) in [6.07, 6.45) is 0. The average Bonchev–Trinajstić information content (AvgIpc) is 2.16. The summed E-state index contributed by atoms with van der Waals surface area (Å²) in [7, 11) is 1.63. The molecule has 1 aromatic heterocycles. The van der Waals surface area contributed by atoms with E-state index in [0.717, 1.165) is 22.3 Å². The topological polar surface area (TPSA) is 35.0 Å². The Bertz CT molecular complexity index is 485. The molecule has 0 N–H and O–H groups in total. The number of aryl methyl sites for hydroxylation is 1. The number of rotatable bonds is 1. The zero-order valence-corrected chi connectivity index (χ0v) is 8.67. The molecular weight excluding hydrogens is 200 g/mol. The van der Waals surface area contributed by atoms with Gasteiger partial charge in [0.2, 0.25) is 5.28 Å². The van der Waals surface area contributed by atoms with E-state index in [1.165, 1.54) is 0 Å². The lowest BCUT2D eigenvalue weighted by atomic mass is 10.2. The number of hydrogen-bond acceptors (Lipinski definition) is 3. The van der Waals surface area contributed by atoms with Crippen molar-refractivity contribution in [3.63, 3.8) is 0 Å². The van der Waals surface area contributed by atoms with Crippen molar-refractivity contribution < 1.29 is 4.74 Å². The van der Waals surface area contributed by atoms with Crippen molar-refractivity contribution in [1.29, 1.82) is 0 Å². The van der Waals surface area contributed by atoms with Crippen LogP contribution in [0.5, 0.6) is 5.75 Å². The standard InChI is InChI=1S/C10H9ClN2O/c1-6-9-7(13-10(11)12-6)4-3-5-8(9)14-2/h3-5H,1-2H3. The Morgan fingerprint density at radius 3 is 2.79 bits per heavy atom. The highest BCUT2D eigenvalue weighted by atomic mass is 35.5. The summed E-state index contributed by atoms with van der Waals surface area (Å²) in [6, 6.07) is 5.65. The van der Waals surface area contributed by atoms with E-state index in [1.54, 1.807) is 7.11 Å². The number of aromatic nitrogens is 2. The van der Waals surface area contributed by atoms with Crippen LogP contribution in [0, 0.1) is 6.92 Å². The summed E-state index contributed by atoms with van der Waals surface area (Å²) >= 11 is 5.76. The lowest BCUT2D eigenvalue weighted by molar-refractivity contribution is 0.419. The largest absolute Gasteiger partial charge is 0.496 e. The molecule has 0 unspecified atom stereocenters. The molecule has 0 radical (unpaired) electrons. The summed E-state index contributed by atoms with van der Waals surface area (Å²) in [4.78, 5) is 8.20. The molecule has 0 aliphatic rings. The number of methoxy groups -OCH3 is 1. The smallest absolute Gasteiger partial charge is 0.223 e. The number of benzene rings is 1. The first-order valence-electron chi connectivity index (χ1n) is 4.19. The molecular formula is C10H9ClN2O. The molecule has 0 saturated heterocycles. The minimum atomic E-state index is 0.267. The Balaban J connectivity index is 2.87. The highest BCUT2D eigenvalue weighted by Gasteiger charge is 2.07. The van der Waals surface area contributed by atoms with Crippen LogP contribution in [0.15, 0.2) is 18.2 Å². The Labute approximate surface area is 86.7 Å². The molecule has 2 rings (SSSR count). The number of halogens is 1. The van der Waals surface area contributed by atoms with Crippen LogP contribution >= 0.6 is 11.6 Å². The molecule has 0 amide bonds. The van der Waals surface area contributed by atoms with E-state index < -0.39 is 0 Å². The van der Waals surface area contributed by atoms with Gasteiger partial charge in [0.15, 0.2) is 0 Å². The molecule has 2 aromatic rings. The van der Waals surface area contributed by atoms with Crippen LogP contribution in [0.25, 0.3) is 10.9 Å². The summed E-state index contributed by atoms with van der Waals surface area (Å²) in [5, 5.41) is 1.18. The molecule has 0 spiro atoms. The second kappa shape index (κ2) is 3.42. The van der Waals surface area contributed by atoms with Gasteiger partial charge in [-0.25, -0.2) is 9.97 Å². The maximum atomic E-state index is 5.76. The van der Waals surface area contributed by atoms with Gasteiger partial charge >= 0.3 is 0 Å². The lowest BCUT2D eigenvalue weighted by Gasteiger charge is -2.06. The second-order valence-electron chi connectivity index (χ2n) is 2.93. The summed E-state index contributed by atoms with van der Waals surface area (Å²) in [6.45, 7) is 1.89. The van der Waals surface area contributed by atoms with Crippen molar-refractivity contribution >= 4 is 22.5 Å². The van der Waals surface area contributed by atoms with Gasteiger partial charge in [-0.1, -0.05) is 6.07 Å². The van der Waals surface area contributed by atoms with Gasteiger partial charge in [-0.2, -0.15) is 0 Å². The Kier molecular flexibility index (Phi) is 2.25. The number of fused-ring (bicyclic) bond motifs is 1. The van der Waals surface area contributed by atoms with Gasteiger partial charge in [0.25, 0.3) is 0 Å². The molecule has 0 fully saturated rings. The third-order valence-corrected chi connectivity index (χ3v) is 2.23. The fraction of sp³-hybridized carbons (Fsp3) is 0.200. The van der Waals surface area contributed by atoms with Gasteiger partial charge in [0.05, 0.1) is 23.7 Å². The van der Waals surface area contributed by atoms with Crippen molar-refractivity contribution in [2.75, 3.05) is 7.11 Å². The van der Waals surface area contributed by atoms with Crippen molar-refractivity contribution in [2.45, 2.75) is 6.92 Å². The molecule has 3 nitrogen and oxygen atoms in total. The molecule has 0 atom stereocenters. The monoisotopic (exact) mass is 208 g/mol. The van der Waals surface area contributed by atoms with Gasteiger partial charge in [0.1, 0.15) is 5.75 Å². The number of ether oxygens (including phenoxy) is 1. The fourth-order valence-electron chi connectivity index (χ4n) is 1.47. The van der Waals surface area contributed by atoms with Crippen LogP contribution in [0.2, 0.25) is 5.28 Å². The van der Waals surface area contributed by atoms with Crippen molar-refractivity contribution in [3.05, 3.63) is 29.2 Å². The zero-order chi connectivity index (χ0) is 10.1. The van der Waals surface area contributed by atoms with Crippen LogP contribution in [-0.2, 0) is 0 Å². The molecule has 72 valence electrons. The highest BCUT2D eigenvalue weighted by Crippen LogP contribution is 2.26. The molecule has 14 heavy (non-hydrogen) atoms. The first-order chi connectivity index (χ1) is 6.72. The lowest BCUT2D eigenvalue weighted by Crippen LogP contribution is -1.93. The van der Waals surface area contributed by atoms with E-state index in [-0.39, 0.29) is 5.28 Å². The maximum absolute atomic E-state index is 5.76. The predicted molar refractivity (Wildman–Crippen MR) is 55.8 cm³/mol. The van der Waals surface area contributed by atoms with Crippen LogP contribution < -0.4 is 4.74 Å². The Morgan fingerprint density at radius 2 is 2.07 bits per heavy atom. The zero-order valence-electron chi connectivity index (χ0n) is 7.91.